The molecule has 1 aromatic rings. The van der Waals surface area contributed by atoms with Gasteiger partial charge in [-0.25, -0.2) is 4.98 Å². The molecule has 3 heteroatoms. The van der Waals surface area contributed by atoms with Crippen LogP contribution >= 0.6 is 11.3 Å². The monoisotopic (exact) mass is 154 g/mol. The molecule has 10 heavy (non-hydrogen) atoms. The smallest absolute Gasteiger partial charge is 0.180 e. The van der Waals surface area contributed by atoms with Crippen molar-refractivity contribution in [3.8, 4) is 12.8 Å². The number of aromatic nitrogens is 1. The first-order valence-electron chi connectivity index (χ1n) is 2.86. The molecule has 0 aliphatic heterocycles. The first-order chi connectivity index (χ1) is 4.83. The van der Waals surface area contributed by atoms with Crippen molar-refractivity contribution >= 4 is 16.5 Å². The van der Waals surface area contributed by atoms with Crippen LogP contribution in [0.2, 0.25) is 0 Å². The molecule has 0 aromatic carbocycles. The summed E-state index contributed by atoms with van der Waals surface area (Å²) in [4.78, 5) is 4.03. The van der Waals surface area contributed by atoms with E-state index in [0.29, 0.717) is 5.13 Å². The average molecular weight is 154 g/mol. The fraction of sp³-hybridized carbons (Fsp3) is 0.286. The van der Waals surface area contributed by atoms with Gasteiger partial charge in [-0.15, -0.1) is 24.2 Å². The first-order valence-corrected chi connectivity index (χ1v) is 3.74. The number of rotatable bonds is 1. The minimum Gasteiger partial charge on any atom is -0.375 e. The lowest BCUT2D eigenvalue weighted by Crippen LogP contribution is -1.83. The topological polar surface area (TPSA) is 38.9 Å². The fourth-order valence-corrected chi connectivity index (χ4v) is 1.13. The maximum atomic E-state index is 5.36. The largest absolute Gasteiger partial charge is 0.375 e. The predicted octanol–water partition coefficient (Wildman–Crippen LogP) is 1.54. The minimum atomic E-state index is 0.668. The molecule has 0 saturated carbocycles. The van der Waals surface area contributed by atoms with E-state index in [9.17, 15) is 0 Å². The number of thiazole rings is 1. The Balaban J connectivity index is 0.000000371. The third-order valence-electron chi connectivity index (χ3n) is 0.932. The number of nitrogens with zero attached hydrogens (tertiary/aromatic N) is 1. The molecule has 0 aliphatic rings. The summed E-state index contributed by atoms with van der Waals surface area (Å²) in [6.07, 6.45) is 8.98. The Labute approximate surface area is 65.1 Å². The summed E-state index contributed by atoms with van der Waals surface area (Å²) < 4.78 is 0. The Kier molecular flexibility index (Phi) is 4.34. The third-order valence-corrected chi connectivity index (χ3v) is 1.65. The normalized spacial score (nSPS) is 7.90. The molecule has 54 valence electrons. The van der Waals surface area contributed by atoms with Crippen molar-refractivity contribution in [3.05, 3.63) is 11.1 Å². The molecule has 0 unspecified atom stereocenters. The van der Waals surface area contributed by atoms with Gasteiger partial charge in [-0.05, 0) is 6.42 Å². The highest BCUT2D eigenvalue weighted by Gasteiger charge is 1.91. The van der Waals surface area contributed by atoms with Crippen LogP contribution in [0.25, 0.3) is 0 Å². The molecule has 1 aromatic heterocycles. The highest BCUT2D eigenvalue weighted by molar-refractivity contribution is 7.13. The van der Waals surface area contributed by atoms with Crippen LogP contribution in [-0.4, -0.2) is 4.98 Å². The number of hydrogen-bond acceptors (Lipinski definition) is 3. The van der Waals surface area contributed by atoms with Gasteiger partial charge in [0.25, 0.3) is 0 Å². The highest BCUT2D eigenvalue weighted by Crippen LogP contribution is 2.10. The zero-order valence-electron chi connectivity index (χ0n) is 5.87. The van der Waals surface area contributed by atoms with E-state index in [1.807, 2.05) is 5.38 Å². The molecule has 0 bridgehead atoms. The highest BCUT2D eigenvalue weighted by atomic mass is 32.1. The Morgan fingerprint density at radius 3 is 2.50 bits per heavy atom. The summed E-state index contributed by atoms with van der Waals surface area (Å²) in [5.74, 6) is 0. The summed E-state index contributed by atoms with van der Waals surface area (Å²) in [7, 11) is 0. The van der Waals surface area contributed by atoms with Crippen molar-refractivity contribution < 1.29 is 0 Å². The van der Waals surface area contributed by atoms with Crippen molar-refractivity contribution in [2.45, 2.75) is 13.3 Å². The lowest BCUT2D eigenvalue weighted by molar-refractivity contribution is 1.07. The summed E-state index contributed by atoms with van der Waals surface area (Å²) >= 11 is 1.50. The lowest BCUT2D eigenvalue weighted by atomic mass is 10.4. The van der Waals surface area contributed by atoms with Gasteiger partial charge < -0.3 is 5.73 Å². The van der Waals surface area contributed by atoms with Crippen LogP contribution < -0.4 is 5.73 Å². The van der Waals surface area contributed by atoms with Crippen molar-refractivity contribution in [3.63, 3.8) is 0 Å². The second-order valence-electron chi connectivity index (χ2n) is 1.53. The van der Waals surface area contributed by atoms with Crippen molar-refractivity contribution in [2.75, 3.05) is 5.73 Å². The Hall–Kier alpha value is -1.01. The van der Waals surface area contributed by atoms with Gasteiger partial charge in [0.15, 0.2) is 5.13 Å². The molecule has 1 rings (SSSR count). The maximum absolute atomic E-state index is 5.36. The number of nitrogen functional groups attached to an aromatic ring is 1. The van der Waals surface area contributed by atoms with Crippen molar-refractivity contribution in [2.24, 2.45) is 0 Å². The molecule has 2 N–H and O–H groups in total. The minimum absolute atomic E-state index is 0.668. The molecule has 0 aliphatic carbocycles. The molecule has 0 spiro atoms. The maximum Gasteiger partial charge on any atom is 0.180 e. The van der Waals surface area contributed by atoms with E-state index in [-0.39, 0.29) is 0 Å². The van der Waals surface area contributed by atoms with Crippen LogP contribution in [0.15, 0.2) is 5.38 Å². The molecule has 0 amide bonds. The quantitative estimate of drug-likeness (QED) is 0.623. The SMILES string of the molecule is C#C.CCc1csc(N)n1. The molecule has 0 atom stereocenters. The van der Waals surface area contributed by atoms with Crippen LogP contribution in [0.1, 0.15) is 12.6 Å². The summed E-state index contributed by atoms with van der Waals surface area (Å²) in [5, 5.41) is 2.65. The van der Waals surface area contributed by atoms with Crippen LogP contribution in [-0.2, 0) is 6.42 Å². The van der Waals surface area contributed by atoms with Crippen LogP contribution in [0.4, 0.5) is 5.13 Å². The Morgan fingerprint density at radius 2 is 2.30 bits per heavy atom. The van der Waals surface area contributed by atoms with Gasteiger partial charge in [-0.2, -0.15) is 0 Å². The number of terminal acetylenes is 1. The van der Waals surface area contributed by atoms with Crippen LogP contribution in [0.5, 0.6) is 0 Å². The van der Waals surface area contributed by atoms with Gasteiger partial charge in [0, 0.05) is 5.38 Å². The molecule has 2 nitrogen and oxygen atoms in total. The van der Waals surface area contributed by atoms with Gasteiger partial charge >= 0.3 is 0 Å². The molecular formula is C7H10N2S. The standard InChI is InChI=1S/C5H8N2S.C2H2/c1-2-4-3-8-5(6)7-4;1-2/h3H,2H2,1H3,(H2,6,7);1-2H. The van der Waals surface area contributed by atoms with Gasteiger partial charge in [0.05, 0.1) is 5.69 Å². The fourth-order valence-electron chi connectivity index (χ4n) is 0.485. The van der Waals surface area contributed by atoms with E-state index >= 15 is 0 Å². The lowest BCUT2D eigenvalue weighted by Gasteiger charge is -1.79. The number of hydrogen-bond donors (Lipinski definition) is 1. The van der Waals surface area contributed by atoms with E-state index in [2.05, 4.69) is 24.8 Å². The molecule has 1 heterocycles. The van der Waals surface area contributed by atoms with E-state index in [0.717, 1.165) is 12.1 Å². The zero-order valence-corrected chi connectivity index (χ0v) is 6.69. The van der Waals surface area contributed by atoms with E-state index in [4.69, 9.17) is 5.73 Å². The van der Waals surface area contributed by atoms with E-state index < -0.39 is 0 Å². The van der Waals surface area contributed by atoms with Crippen LogP contribution in [0, 0.1) is 12.8 Å². The van der Waals surface area contributed by atoms with Gasteiger partial charge in [-0.3, -0.25) is 0 Å². The number of aryl methyl sites for hydroxylation is 1. The Morgan fingerprint density at radius 1 is 1.70 bits per heavy atom. The number of nitrogens with two attached hydrogens (primary N) is 1. The van der Waals surface area contributed by atoms with Gasteiger partial charge in [-0.1, -0.05) is 6.92 Å². The van der Waals surface area contributed by atoms with Crippen molar-refractivity contribution in [1.29, 1.82) is 0 Å². The first kappa shape index (κ1) is 8.99. The number of anilines is 1. The summed E-state index contributed by atoms with van der Waals surface area (Å²) in [6, 6.07) is 0. The third kappa shape index (κ3) is 2.51. The average Bonchev–Trinajstić information content (AvgIpc) is 2.40. The second kappa shape index (κ2) is 4.83. The zero-order chi connectivity index (χ0) is 7.98. The molecule has 0 radical (unpaired) electrons. The van der Waals surface area contributed by atoms with E-state index in [1.54, 1.807) is 0 Å². The van der Waals surface area contributed by atoms with E-state index in [1.165, 1.54) is 11.3 Å². The summed E-state index contributed by atoms with van der Waals surface area (Å²) in [6.45, 7) is 2.06. The second-order valence-corrected chi connectivity index (χ2v) is 2.42. The Bertz CT molecular complexity index is 202. The summed E-state index contributed by atoms with van der Waals surface area (Å²) in [5.41, 5.74) is 6.45. The molecule has 0 fully saturated rings. The van der Waals surface area contributed by atoms with Crippen LogP contribution in [0.3, 0.4) is 0 Å². The molecule has 0 saturated heterocycles. The predicted molar refractivity (Wildman–Crippen MR) is 45.8 cm³/mol. The van der Waals surface area contributed by atoms with Crippen molar-refractivity contribution in [1.82, 2.24) is 4.98 Å². The molecular weight excluding hydrogens is 144 g/mol. The van der Waals surface area contributed by atoms with Gasteiger partial charge in [0.1, 0.15) is 0 Å². The van der Waals surface area contributed by atoms with Gasteiger partial charge in [0.2, 0.25) is 0 Å².